The van der Waals surface area contributed by atoms with Crippen LogP contribution in [0.15, 0.2) is 42.5 Å². The van der Waals surface area contributed by atoms with E-state index in [1.54, 1.807) is 12.1 Å². The molecule has 4 rings (SSSR count). The summed E-state index contributed by atoms with van der Waals surface area (Å²) >= 11 is 0. The second kappa shape index (κ2) is 10.4. The molecule has 2 aliphatic heterocycles. The third-order valence-corrected chi connectivity index (χ3v) is 6.11. The minimum absolute atomic E-state index is 0.0501. The molecule has 0 radical (unpaired) electrons. The van der Waals surface area contributed by atoms with Gasteiger partial charge in [-0.05, 0) is 23.3 Å². The van der Waals surface area contributed by atoms with Crippen LogP contribution < -0.4 is 4.74 Å². The predicted octanol–water partition coefficient (Wildman–Crippen LogP) is 3.47. The van der Waals surface area contributed by atoms with Crippen LogP contribution in [0.5, 0.6) is 5.75 Å². The maximum atomic E-state index is 10.9. The molecule has 0 amide bonds. The molecule has 2 N–H and O–H groups in total. The van der Waals surface area contributed by atoms with E-state index < -0.39 is 23.4 Å². The van der Waals surface area contributed by atoms with Crippen LogP contribution in [0.1, 0.15) is 49.4 Å². The smallest absolute Gasteiger partial charge is 0.269 e. The molecule has 2 aromatic rings. The number of non-ortho nitro benzene ring substituents is 1. The first-order chi connectivity index (χ1) is 16.3. The van der Waals surface area contributed by atoms with E-state index in [4.69, 9.17) is 18.9 Å². The second-order valence-electron chi connectivity index (χ2n) is 9.59. The topological polar surface area (TPSA) is 121 Å². The van der Waals surface area contributed by atoms with Crippen molar-refractivity contribution < 1.29 is 34.1 Å². The number of nitro groups is 1. The molecule has 0 saturated carbocycles. The summed E-state index contributed by atoms with van der Waals surface area (Å²) in [5.74, 6) is 0.592. The van der Waals surface area contributed by atoms with Crippen molar-refractivity contribution >= 4 is 5.69 Å². The minimum atomic E-state index is -0.728. The molecule has 3 atom stereocenters. The highest BCUT2D eigenvalue weighted by atomic mass is 16.7. The van der Waals surface area contributed by atoms with Gasteiger partial charge in [0.1, 0.15) is 11.9 Å². The molecule has 2 saturated heterocycles. The summed E-state index contributed by atoms with van der Waals surface area (Å²) < 4.78 is 23.9. The molecular formula is C25H31NO8. The van der Waals surface area contributed by atoms with Crippen LogP contribution in [-0.4, -0.2) is 53.8 Å². The van der Waals surface area contributed by atoms with E-state index >= 15 is 0 Å². The molecule has 2 heterocycles. The Morgan fingerprint density at radius 2 is 1.85 bits per heavy atom. The van der Waals surface area contributed by atoms with E-state index in [2.05, 4.69) is 13.8 Å². The Morgan fingerprint density at radius 1 is 1.15 bits per heavy atom. The standard InChI is InChI=1S/C25H31NO8/c1-25(2)14-32-24(33-15-25)19-8-5-17(21-12-20(28)23(13-27)34-21)11-22(19)31-10-9-16-3-6-18(7-4-16)26(29)30/h3-8,11,20-21,23-24,27-28H,9-10,12-15H2,1-2H3/t20-,21-,23-/m1/s1. The van der Waals surface area contributed by atoms with Crippen LogP contribution in [0, 0.1) is 15.5 Å². The molecule has 9 nitrogen and oxygen atoms in total. The first kappa shape index (κ1) is 24.6. The first-order valence-electron chi connectivity index (χ1n) is 11.4. The maximum absolute atomic E-state index is 10.9. The Kier molecular flexibility index (Phi) is 7.49. The van der Waals surface area contributed by atoms with E-state index in [0.717, 1.165) is 16.7 Å². The van der Waals surface area contributed by atoms with Crippen molar-refractivity contribution in [3.63, 3.8) is 0 Å². The van der Waals surface area contributed by atoms with Gasteiger partial charge in [0.05, 0.1) is 43.6 Å². The maximum Gasteiger partial charge on any atom is 0.269 e. The van der Waals surface area contributed by atoms with Crippen molar-refractivity contribution in [3.8, 4) is 5.75 Å². The van der Waals surface area contributed by atoms with Crippen molar-refractivity contribution in [1.29, 1.82) is 0 Å². The molecule has 0 aromatic heterocycles. The molecular weight excluding hydrogens is 442 g/mol. The van der Waals surface area contributed by atoms with Crippen molar-refractivity contribution in [2.45, 2.75) is 51.3 Å². The van der Waals surface area contributed by atoms with Crippen molar-refractivity contribution in [2.75, 3.05) is 26.4 Å². The van der Waals surface area contributed by atoms with Crippen LogP contribution in [0.4, 0.5) is 5.69 Å². The average Bonchev–Trinajstić information content (AvgIpc) is 3.20. The number of hydrogen-bond acceptors (Lipinski definition) is 8. The number of rotatable bonds is 8. The zero-order valence-corrected chi connectivity index (χ0v) is 19.4. The van der Waals surface area contributed by atoms with Gasteiger partial charge in [-0.1, -0.05) is 32.0 Å². The molecule has 2 fully saturated rings. The Labute approximate surface area is 198 Å². The number of aliphatic hydroxyl groups is 2. The molecule has 2 aliphatic rings. The van der Waals surface area contributed by atoms with Gasteiger partial charge in [0.25, 0.3) is 5.69 Å². The van der Waals surface area contributed by atoms with E-state index in [9.17, 15) is 20.3 Å². The lowest BCUT2D eigenvalue weighted by molar-refractivity contribution is -0.384. The summed E-state index contributed by atoms with van der Waals surface area (Å²) in [6.07, 6.45) is -1.30. The molecule has 2 aromatic carbocycles. The average molecular weight is 474 g/mol. The number of aliphatic hydroxyl groups excluding tert-OH is 2. The van der Waals surface area contributed by atoms with E-state index in [1.165, 1.54) is 12.1 Å². The number of nitro benzene ring substituents is 1. The molecule has 0 spiro atoms. The first-order valence-corrected chi connectivity index (χ1v) is 11.4. The molecule has 34 heavy (non-hydrogen) atoms. The predicted molar refractivity (Wildman–Crippen MR) is 122 cm³/mol. The van der Waals surface area contributed by atoms with Gasteiger partial charge in [0.2, 0.25) is 0 Å². The van der Waals surface area contributed by atoms with Gasteiger partial charge >= 0.3 is 0 Å². The van der Waals surface area contributed by atoms with Gasteiger partial charge in [-0.2, -0.15) is 0 Å². The van der Waals surface area contributed by atoms with E-state index in [0.29, 0.717) is 38.4 Å². The van der Waals surface area contributed by atoms with Crippen LogP contribution in [-0.2, 0) is 20.6 Å². The van der Waals surface area contributed by atoms with Crippen LogP contribution in [0.3, 0.4) is 0 Å². The molecule has 0 unspecified atom stereocenters. The van der Waals surface area contributed by atoms with Crippen LogP contribution in [0.2, 0.25) is 0 Å². The SMILES string of the molecule is CC1(C)COC(c2ccc([C@H]3C[C@@H](O)[C@@H](CO)O3)cc2OCCc2ccc([N+](=O)[O-])cc2)OC1. The number of nitrogens with zero attached hydrogens (tertiary/aromatic N) is 1. The van der Waals surface area contributed by atoms with Gasteiger partial charge in [-0.15, -0.1) is 0 Å². The minimum Gasteiger partial charge on any atom is -0.493 e. The quantitative estimate of drug-likeness (QED) is 0.442. The van der Waals surface area contributed by atoms with Gasteiger partial charge in [0, 0.05) is 36.0 Å². The highest BCUT2D eigenvalue weighted by Gasteiger charge is 2.35. The Bertz CT molecular complexity index is 983. The van der Waals surface area contributed by atoms with Gasteiger partial charge < -0.3 is 29.2 Å². The highest BCUT2D eigenvalue weighted by Crippen LogP contribution is 2.39. The third-order valence-electron chi connectivity index (χ3n) is 6.11. The zero-order chi connectivity index (χ0) is 24.3. The second-order valence-corrected chi connectivity index (χ2v) is 9.59. The summed E-state index contributed by atoms with van der Waals surface area (Å²) in [7, 11) is 0. The Hall–Kier alpha value is -2.56. The van der Waals surface area contributed by atoms with Gasteiger partial charge in [-0.25, -0.2) is 0 Å². The fraction of sp³-hybridized carbons (Fsp3) is 0.520. The van der Waals surface area contributed by atoms with Crippen LogP contribution >= 0.6 is 0 Å². The van der Waals surface area contributed by atoms with Crippen molar-refractivity contribution in [1.82, 2.24) is 0 Å². The Balaban J connectivity index is 1.50. The number of benzene rings is 2. The summed E-state index contributed by atoms with van der Waals surface area (Å²) in [5.41, 5.74) is 2.50. The van der Waals surface area contributed by atoms with E-state index in [1.807, 2.05) is 18.2 Å². The summed E-state index contributed by atoms with van der Waals surface area (Å²) in [6, 6.07) is 12.1. The van der Waals surface area contributed by atoms with Gasteiger partial charge in [0.15, 0.2) is 6.29 Å². The fourth-order valence-electron chi connectivity index (χ4n) is 4.11. The third kappa shape index (κ3) is 5.73. The Morgan fingerprint density at radius 3 is 2.47 bits per heavy atom. The molecule has 0 bridgehead atoms. The van der Waals surface area contributed by atoms with Crippen molar-refractivity contribution in [3.05, 3.63) is 69.3 Å². The lowest BCUT2D eigenvalue weighted by atomic mass is 9.95. The molecule has 9 heteroatoms. The fourth-order valence-corrected chi connectivity index (χ4v) is 4.11. The lowest BCUT2D eigenvalue weighted by Crippen LogP contribution is -2.34. The molecule has 0 aliphatic carbocycles. The largest absolute Gasteiger partial charge is 0.493 e. The summed E-state index contributed by atoms with van der Waals surface area (Å²) in [5, 5.41) is 30.4. The van der Waals surface area contributed by atoms with Crippen LogP contribution in [0.25, 0.3) is 0 Å². The van der Waals surface area contributed by atoms with Crippen molar-refractivity contribution in [2.24, 2.45) is 5.41 Å². The normalized spacial score (nSPS) is 24.8. The molecule has 184 valence electrons. The summed E-state index contributed by atoms with van der Waals surface area (Å²) in [4.78, 5) is 10.4. The highest BCUT2D eigenvalue weighted by molar-refractivity contribution is 5.40. The number of hydrogen-bond donors (Lipinski definition) is 2. The lowest BCUT2D eigenvalue weighted by Gasteiger charge is -2.35. The van der Waals surface area contributed by atoms with Gasteiger partial charge in [-0.3, -0.25) is 10.1 Å². The number of ether oxygens (including phenoxy) is 4. The summed E-state index contributed by atoms with van der Waals surface area (Å²) in [6.45, 7) is 5.37. The zero-order valence-electron chi connectivity index (χ0n) is 19.4. The van der Waals surface area contributed by atoms with E-state index in [-0.39, 0.29) is 23.8 Å². The monoisotopic (exact) mass is 473 g/mol.